The molecular weight excluding hydrogens is 378 g/mol. The fourth-order valence-electron chi connectivity index (χ4n) is 3.72. The van der Waals surface area contributed by atoms with Crippen LogP contribution in [-0.2, 0) is 13.7 Å². The highest BCUT2D eigenvalue weighted by molar-refractivity contribution is 8.28. The van der Waals surface area contributed by atoms with Crippen LogP contribution in [0.25, 0.3) is 5.65 Å². The van der Waals surface area contributed by atoms with Crippen molar-refractivity contribution in [1.82, 2.24) is 14.6 Å². The van der Waals surface area contributed by atoms with E-state index in [0.717, 1.165) is 12.8 Å². The third kappa shape index (κ3) is 4.08. The number of carbonyl (C=O) groups is 1. The highest BCUT2D eigenvalue weighted by Crippen LogP contribution is 2.49. The third-order valence-electron chi connectivity index (χ3n) is 4.98. The van der Waals surface area contributed by atoms with Crippen LogP contribution in [0.2, 0.25) is 0 Å². The number of rotatable bonds is 3. The lowest BCUT2D eigenvalue weighted by atomic mass is 9.81. The average Bonchev–Trinajstić information content (AvgIpc) is 3.30. The van der Waals surface area contributed by atoms with E-state index in [1.54, 1.807) is 22.8 Å². The predicted molar refractivity (Wildman–Crippen MR) is 107 cm³/mol. The first-order chi connectivity index (χ1) is 13.3. The van der Waals surface area contributed by atoms with Gasteiger partial charge in [0.1, 0.15) is 11.9 Å². The Morgan fingerprint density at radius 1 is 1.18 bits per heavy atom. The van der Waals surface area contributed by atoms with Gasteiger partial charge in [-0.3, -0.25) is 4.79 Å². The summed E-state index contributed by atoms with van der Waals surface area (Å²) in [7, 11) is -1.27. The fourth-order valence-corrected chi connectivity index (χ4v) is 4.89. The van der Waals surface area contributed by atoms with Crippen LogP contribution >= 0.6 is 10.3 Å². The molecule has 8 heteroatoms. The van der Waals surface area contributed by atoms with E-state index >= 15 is 0 Å². The summed E-state index contributed by atoms with van der Waals surface area (Å²) in [6.07, 6.45) is 12.2. The van der Waals surface area contributed by atoms with Crippen molar-refractivity contribution in [3.05, 3.63) is 30.2 Å². The molecule has 3 heterocycles. The lowest BCUT2D eigenvalue weighted by Gasteiger charge is -2.44. The first kappa shape index (κ1) is 19.4. The molecule has 0 amide bonds. The zero-order valence-electron chi connectivity index (χ0n) is 16.4. The molecule has 2 fully saturated rings. The van der Waals surface area contributed by atoms with E-state index in [9.17, 15) is 4.79 Å². The fraction of sp³-hybridized carbons (Fsp3) is 0.550. The summed E-state index contributed by atoms with van der Waals surface area (Å²) in [4.78, 5) is 16.8. The number of Topliss-reactive ketones (excluding diaryl/α,β-unsaturated/α-hetero) is 1. The van der Waals surface area contributed by atoms with Crippen molar-refractivity contribution < 1.29 is 18.5 Å². The molecule has 1 aliphatic heterocycles. The molecule has 0 atom stereocenters. The standard InChI is InChI=1S/C20H25N3O4S/c1-28(2,3)27-19(8-10-20(11-9-19)25-12-13-26-20)7-6-17(24)16-4-5-18-21-15-22-23(18)14-16/h4-5,14-15H,8-13H2,1-3H3. The van der Waals surface area contributed by atoms with Gasteiger partial charge in [0.05, 0.1) is 13.2 Å². The number of nitrogens with zero attached hydrogens (tertiary/aromatic N) is 3. The van der Waals surface area contributed by atoms with Gasteiger partial charge in [-0.2, -0.15) is 5.10 Å². The number of ether oxygens (including phenoxy) is 2. The predicted octanol–water partition coefficient (Wildman–Crippen LogP) is 2.60. The van der Waals surface area contributed by atoms with Gasteiger partial charge in [-0.05, 0) is 49.7 Å². The van der Waals surface area contributed by atoms with Crippen LogP contribution < -0.4 is 0 Å². The van der Waals surface area contributed by atoms with E-state index in [2.05, 4.69) is 40.7 Å². The molecule has 0 aromatic carbocycles. The minimum absolute atomic E-state index is 0.252. The number of hydrogen-bond donors (Lipinski definition) is 0. The monoisotopic (exact) mass is 403 g/mol. The molecule has 1 aliphatic carbocycles. The smallest absolute Gasteiger partial charge is 0.237 e. The second-order valence-corrected chi connectivity index (χ2v) is 11.6. The lowest BCUT2D eigenvalue weighted by Crippen LogP contribution is -2.44. The topological polar surface area (TPSA) is 75.0 Å². The summed E-state index contributed by atoms with van der Waals surface area (Å²) >= 11 is 0. The summed E-state index contributed by atoms with van der Waals surface area (Å²) in [5, 5.41) is 4.07. The van der Waals surface area contributed by atoms with Gasteiger partial charge >= 0.3 is 0 Å². The Kier molecular flexibility index (Phi) is 4.96. The van der Waals surface area contributed by atoms with Gasteiger partial charge in [-0.15, -0.1) is 10.3 Å². The SMILES string of the molecule is CS(C)(C)OC1(C#CC(=O)c2ccc3ncnn3c2)CCC2(CC1)OCCO2. The molecule has 1 spiro atoms. The zero-order chi connectivity index (χ0) is 19.8. The van der Waals surface area contributed by atoms with Gasteiger partial charge in [0, 0.05) is 24.6 Å². The molecule has 0 unspecified atom stereocenters. The molecule has 1 saturated heterocycles. The molecule has 1 saturated carbocycles. The summed E-state index contributed by atoms with van der Waals surface area (Å²) in [5.74, 6) is 5.26. The Morgan fingerprint density at radius 3 is 2.57 bits per heavy atom. The van der Waals surface area contributed by atoms with Gasteiger partial charge in [-0.1, -0.05) is 5.92 Å². The highest BCUT2D eigenvalue weighted by atomic mass is 32.3. The molecular formula is C20H25N3O4S. The van der Waals surface area contributed by atoms with Gasteiger partial charge in [-0.25, -0.2) is 9.50 Å². The van der Waals surface area contributed by atoms with Gasteiger partial charge in [0.15, 0.2) is 11.4 Å². The molecule has 7 nitrogen and oxygen atoms in total. The van der Waals surface area contributed by atoms with Crippen molar-refractivity contribution in [2.45, 2.75) is 37.1 Å². The summed E-state index contributed by atoms with van der Waals surface area (Å²) in [5.41, 5.74) is 0.523. The Balaban J connectivity index is 1.57. The number of aromatic nitrogens is 3. The lowest BCUT2D eigenvalue weighted by molar-refractivity contribution is -0.191. The number of carbonyl (C=O) groups excluding carboxylic acids is 1. The highest BCUT2D eigenvalue weighted by Gasteiger charge is 2.47. The first-order valence-electron chi connectivity index (χ1n) is 9.32. The van der Waals surface area contributed by atoms with E-state index in [4.69, 9.17) is 13.7 Å². The minimum Gasteiger partial charge on any atom is -0.348 e. The van der Waals surface area contributed by atoms with Crippen LogP contribution in [0.3, 0.4) is 0 Å². The normalized spacial score (nSPS) is 21.4. The van der Waals surface area contributed by atoms with E-state index < -0.39 is 21.7 Å². The van der Waals surface area contributed by atoms with Crippen molar-refractivity contribution in [2.75, 3.05) is 32.0 Å². The van der Waals surface area contributed by atoms with Crippen molar-refractivity contribution in [2.24, 2.45) is 0 Å². The van der Waals surface area contributed by atoms with Crippen LogP contribution in [0.15, 0.2) is 24.7 Å². The van der Waals surface area contributed by atoms with Crippen molar-refractivity contribution in [1.29, 1.82) is 0 Å². The number of pyridine rings is 1. The van der Waals surface area contributed by atoms with Crippen LogP contribution in [0, 0.1) is 11.8 Å². The summed E-state index contributed by atoms with van der Waals surface area (Å²) in [6, 6.07) is 3.48. The van der Waals surface area contributed by atoms with E-state index in [0.29, 0.717) is 37.3 Å². The summed E-state index contributed by atoms with van der Waals surface area (Å²) in [6.45, 7) is 1.26. The third-order valence-corrected chi connectivity index (χ3v) is 5.80. The van der Waals surface area contributed by atoms with Gasteiger partial charge in [0.2, 0.25) is 5.78 Å². The van der Waals surface area contributed by atoms with E-state index in [-0.39, 0.29) is 5.78 Å². The maximum Gasteiger partial charge on any atom is 0.237 e. The minimum atomic E-state index is -1.27. The molecule has 28 heavy (non-hydrogen) atoms. The number of fused-ring (bicyclic) bond motifs is 1. The molecule has 0 bridgehead atoms. The molecule has 150 valence electrons. The number of hydrogen-bond acceptors (Lipinski definition) is 6. The molecule has 4 rings (SSSR count). The molecule has 0 N–H and O–H groups in total. The van der Waals surface area contributed by atoms with Gasteiger partial charge in [0.25, 0.3) is 0 Å². The molecule has 0 radical (unpaired) electrons. The number of ketones is 1. The largest absolute Gasteiger partial charge is 0.348 e. The molecule has 2 aliphatic rings. The average molecular weight is 404 g/mol. The quantitative estimate of drug-likeness (QED) is 0.446. The maximum atomic E-state index is 12.7. The second-order valence-electron chi connectivity index (χ2n) is 7.97. The van der Waals surface area contributed by atoms with Crippen LogP contribution in [0.5, 0.6) is 0 Å². The Hall–Kier alpha value is -1.92. The first-order valence-corrected chi connectivity index (χ1v) is 12.1. The summed E-state index contributed by atoms with van der Waals surface area (Å²) < 4.78 is 19.7. The zero-order valence-corrected chi connectivity index (χ0v) is 17.3. The second kappa shape index (κ2) is 7.16. The maximum absolute atomic E-state index is 12.7. The Labute approximate surface area is 166 Å². The van der Waals surface area contributed by atoms with E-state index in [1.165, 1.54) is 6.33 Å². The molecule has 2 aromatic rings. The van der Waals surface area contributed by atoms with Crippen LogP contribution in [-0.4, -0.2) is 63.8 Å². The van der Waals surface area contributed by atoms with Crippen molar-refractivity contribution >= 4 is 21.7 Å². The molecule has 2 aromatic heterocycles. The van der Waals surface area contributed by atoms with Gasteiger partial charge < -0.3 is 13.7 Å². The van der Waals surface area contributed by atoms with Crippen molar-refractivity contribution in [3.8, 4) is 11.8 Å². The Morgan fingerprint density at radius 2 is 1.89 bits per heavy atom. The van der Waals surface area contributed by atoms with Crippen LogP contribution in [0.4, 0.5) is 0 Å². The van der Waals surface area contributed by atoms with Crippen molar-refractivity contribution in [3.63, 3.8) is 0 Å². The van der Waals surface area contributed by atoms with E-state index in [1.807, 2.05) is 0 Å². The van der Waals surface area contributed by atoms with Crippen LogP contribution in [0.1, 0.15) is 36.0 Å². The Bertz CT molecular complexity index is 937.